The van der Waals surface area contributed by atoms with Crippen LogP contribution in [0.15, 0.2) is 36.7 Å². The van der Waals surface area contributed by atoms with E-state index in [9.17, 15) is 0 Å². The van der Waals surface area contributed by atoms with Gasteiger partial charge in [-0.1, -0.05) is 6.42 Å². The number of rotatable bonds is 2. The highest BCUT2D eigenvalue weighted by Gasteiger charge is 2.05. The molecule has 1 aromatic carbocycles. The molecular weight excluding hydrogens is 228 g/mol. The van der Waals surface area contributed by atoms with Gasteiger partial charge in [0.1, 0.15) is 23.2 Å². The summed E-state index contributed by atoms with van der Waals surface area (Å²) in [5.41, 5.74) is 2.57. The number of nitrogens with one attached hydrogen (secondary N) is 1. The fourth-order valence-corrected chi connectivity index (χ4v) is 1.66. The molecule has 18 heavy (non-hydrogen) atoms. The van der Waals surface area contributed by atoms with E-state index in [1.54, 1.807) is 24.5 Å². The summed E-state index contributed by atoms with van der Waals surface area (Å²) in [7, 11) is 0. The molecular formula is C13H8N4O. The minimum Gasteiger partial charge on any atom is -0.408 e. The summed E-state index contributed by atoms with van der Waals surface area (Å²) < 4.78 is 4.93. The zero-order valence-corrected chi connectivity index (χ0v) is 9.29. The van der Waals surface area contributed by atoms with Gasteiger partial charge >= 0.3 is 0 Å². The summed E-state index contributed by atoms with van der Waals surface area (Å²) >= 11 is 0. The Labute approximate surface area is 103 Å². The number of aromatic nitrogens is 4. The summed E-state index contributed by atoms with van der Waals surface area (Å²) in [6.07, 6.45) is 10.4. The van der Waals surface area contributed by atoms with Gasteiger partial charge in [0, 0.05) is 5.56 Å². The normalized spacial score (nSPS) is 10.2. The van der Waals surface area contributed by atoms with E-state index < -0.39 is 0 Å². The van der Waals surface area contributed by atoms with Crippen LogP contribution in [0.1, 0.15) is 0 Å². The average Bonchev–Trinajstić information content (AvgIpc) is 2.84. The Balaban J connectivity index is 2.01. The van der Waals surface area contributed by atoms with Gasteiger partial charge in [-0.15, -0.1) is 0 Å². The molecule has 1 N–H and O–H groups in total. The SMILES string of the molecule is C#COc1ccc(-c2nc3cnncc3[nH]2)cc1. The molecule has 0 unspecified atom stereocenters. The maximum atomic E-state index is 5.06. The summed E-state index contributed by atoms with van der Waals surface area (Å²) in [5, 5.41) is 7.58. The predicted molar refractivity (Wildman–Crippen MR) is 66.6 cm³/mol. The average molecular weight is 236 g/mol. The molecule has 0 spiro atoms. The number of fused-ring (bicyclic) bond motifs is 1. The third-order valence-corrected chi connectivity index (χ3v) is 2.50. The van der Waals surface area contributed by atoms with Crippen molar-refractivity contribution in [2.24, 2.45) is 0 Å². The van der Waals surface area contributed by atoms with Crippen molar-refractivity contribution in [2.75, 3.05) is 0 Å². The Morgan fingerprint density at radius 1 is 1.11 bits per heavy atom. The fourth-order valence-electron chi connectivity index (χ4n) is 1.66. The lowest BCUT2D eigenvalue weighted by molar-refractivity contribution is 0.521. The van der Waals surface area contributed by atoms with Crippen LogP contribution in [0.3, 0.4) is 0 Å². The lowest BCUT2D eigenvalue weighted by Crippen LogP contribution is -1.83. The van der Waals surface area contributed by atoms with Crippen molar-refractivity contribution in [3.05, 3.63) is 36.7 Å². The van der Waals surface area contributed by atoms with Gasteiger partial charge in [-0.2, -0.15) is 10.2 Å². The van der Waals surface area contributed by atoms with E-state index in [2.05, 4.69) is 26.3 Å². The number of terminal acetylenes is 1. The highest BCUT2D eigenvalue weighted by molar-refractivity contribution is 5.77. The number of nitrogens with zero attached hydrogens (tertiary/aromatic N) is 3. The highest BCUT2D eigenvalue weighted by atomic mass is 16.5. The van der Waals surface area contributed by atoms with Gasteiger partial charge in [-0.25, -0.2) is 4.98 Å². The first kappa shape index (κ1) is 10.3. The van der Waals surface area contributed by atoms with Crippen molar-refractivity contribution in [2.45, 2.75) is 0 Å². The van der Waals surface area contributed by atoms with Crippen LogP contribution in [-0.2, 0) is 0 Å². The monoisotopic (exact) mass is 236 g/mol. The van der Waals surface area contributed by atoms with Crippen LogP contribution in [0.5, 0.6) is 5.75 Å². The van der Waals surface area contributed by atoms with Crippen LogP contribution < -0.4 is 4.74 Å². The number of hydrogen-bond donors (Lipinski definition) is 1. The Morgan fingerprint density at radius 3 is 2.61 bits per heavy atom. The minimum absolute atomic E-state index is 0.626. The van der Waals surface area contributed by atoms with Gasteiger partial charge in [-0.3, -0.25) is 0 Å². The van der Waals surface area contributed by atoms with Crippen LogP contribution in [0.2, 0.25) is 0 Å². The molecule has 2 aromatic heterocycles. The summed E-state index contributed by atoms with van der Waals surface area (Å²) in [6.45, 7) is 0. The molecule has 3 rings (SSSR count). The third kappa shape index (κ3) is 1.76. The van der Waals surface area contributed by atoms with Crippen LogP contribution in [0, 0.1) is 12.5 Å². The van der Waals surface area contributed by atoms with Crippen molar-refractivity contribution in [3.63, 3.8) is 0 Å². The van der Waals surface area contributed by atoms with Crippen LogP contribution >= 0.6 is 0 Å². The lowest BCUT2D eigenvalue weighted by Gasteiger charge is -1.98. The van der Waals surface area contributed by atoms with Crippen LogP contribution in [0.25, 0.3) is 22.4 Å². The maximum Gasteiger partial charge on any atom is 0.140 e. The molecule has 3 aromatic rings. The smallest absolute Gasteiger partial charge is 0.140 e. The number of H-pyrrole nitrogens is 1. The molecule has 0 amide bonds. The molecule has 0 saturated heterocycles. The molecule has 0 bridgehead atoms. The molecule has 0 radical (unpaired) electrons. The largest absolute Gasteiger partial charge is 0.408 e. The van der Waals surface area contributed by atoms with Gasteiger partial charge in [0.15, 0.2) is 0 Å². The third-order valence-electron chi connectivity index (χ3n) is 2.50. The van der Waals surface area contributed by atoms with Crippen molar-refractivity contribution in [1.29, 1.82) is 0 Å². The number of hydrogen-bond acceptors (Lipinski definition) is 4. The second-order valence-electron chi connectivity index (χ2n) is 3.62. The number of benzene rings is 1. The lowest BCUT2D eigenvalue weighted by atomic mass is 10.2. The molecule has 5 nitrogen and oxygen atoms in total. The van der Waals surface area contributed by atoms with Crippen LogP contribution in [0.4, 0.5) is 0 Å². The minimum atomic E-state index is 0.626. The molecule has 5 heteroatoms. The molecule has 0 aliphatic heterocycles. The zero-order chi connectivity index (χ0) is 12.4. The molecule has 0 aliphatic rings. The van der Waals surface area contributed by atoms with Crippen molar-refractivity contribution in [3.8, 4) is 29.7 Å². The Bertz CT molecular complexity index is 692. The van der Waals surface area contributed by atoms with E-state index in [4.69, 9.17) is 11.2 Å². The first-order chi connectivity index (χ1) is 8.86. The molecule has 0 atom stereocenters. The number of ether oxygens (including phenoxy) is 1. The number of imidazole rings is 1. The van der Waals surface area contributed by atoms with Crippen LogP contribution in [-0.4, -0.2) is 20.2 Å². The molecule has 2 heterocycles. The van der Waals surface area contributed by atoms with E-state index in [0.717, 1.165) is 22.4 Å². The van der Waals surface area contributed by atoms with Crippen molar-refractivity contribution in [1.82, 2.24) is 20.2 Å². The topological polar surface area (TPSA) is 63.7 Å². The van der Waals surface area contributed by atoms with Gasteiger partial charge in [-0.05, 0) is 24.3 Å². The first-order valence-electron chi connectivity index (χ1n) is 5.26. The zero-order valence-electron chi connectivity index (χ0n) is 9.29. The number of aromatic amines is 1. The Morgan fingerprint density at radius 2 is 1.89 bits per heavy atom. The second kappa shape index (κ2) is 4.18. The van der Waals surface area contributed by atoms with E-state index in [0.29, 0.717) is 5.75 Å². The van der Waals surface area contributed by atoms with Crippen molar-refractivity contribution >= 4 is 11.0 Å². The standard InChI is InChI=1S/C13H8N4O/c1-2-18-10-5-3-9(4-6-10)13-16-11-7-14-15-8-12(11)17-13/h1,3-8H,(H,16,17). The van der Waals surface area contributed by atoms with Gasteiger partial charge in [0.25, 0.3) is 0 Å². The predicted octanol–water partition coefficient (Wildman–Crippen LogP) is 1.99. The quantitative estimate of drug-likeness (QED) is 0.691. The second-order valence-corrected chi connectivity index (χ2v) is 3.62. The summed E-state index contributed by atoms with van der Waals surface area (Å²) in [5.74, 6) is 1.38. The van der Waals surface area contributed by atoms with E-state index >= 15 is 0 Å². The van der Waals surface area contributed by atoms with E-state index in [1.807, 2.05) is 12.1 Å². The fraction of sp³-hybridized carbons (Fsp3) is 0. The van der Waals surface area contributed by atoms with Gasteiger partial charge in [0.2, 0.25) is 0 Å². The maximum absolute atomic E-state index is 5.06. The Hall–Kier alpha value is -2.87. The van der Waals surface area contributed by atoms with Gasteiger partial charge in [0.05, 0.1) is 17.9 Å². The first-order valence-corrected chi connectivity index (χ1v) is 5.26. The molecule has 0 saturated carbocycles. The highest BCUT2D eigenvalue weighted by Crippen LogP contribution is 2.21. The molecule has 0 fully saturated rings. The Kier molecular flexibility index (Phi) is 2.39. The molecule has 86 valence electrons. The van der Waals surface area contributed by atoms with Crippen molar-refractivity contribution < 1.29 is 4.74 Å². The van der Waals surface area contributed by atoms with E-state index in [1.165, 1.54) is 0 Å². The summed E-state index contributed by atoms with van der Waals surface area (Å²) in [4.78, 5) is 7.59. The van der Waals surface area contributed by atoms with Gasteiger partial charge < -0.3 is 9.72 Å². The summed E-state index contributed by atoms with van der Waals surface area (Å²) in [6, 6.07) is 7.34. The molecule has 0 aliphatic carbocycles. The van der Waals surface area contributed by atoms with E-state index in [-0.39, 0.29) is 0 Å².